The number of hydrogen-bond acceptors (Lipinski definition) is 7. The standard InChI is InChI=1S/C31H37N3O5/c1-33-31(39-28-16-10-15-27(19-28)37-3)29(30(32-33)25-13-8-5-9-14-25)21-34(17-18-36-2)20-26(35)23-38-22-24-11-6-4-7-12-24/h4-16,19,26,35H,17-18,20-23H2,1-3H3/t26-/m1/s1. The van der Waals surface area contributed by atoms with Crippen LogP contribution in [0.2, 0.25) is 0 Å². The first kappa shape index (κ1) is 28.3. The quantitative estimate of drug-likeness (QED) is 0.233. The normalized spacial score (nSPS) is 12.0. The van der Waals surface area contributed by atoms with Crippen molar-refractivity contribution in [3.05, 3.63) is 96.1 Å². The predicted octanol–water partition coefficient (Wildman–Crippen LogP) is 4.91. The van der Waals surface area contributed by atoms with Gasteiger partial charge in [-0.15, -0.1) is 0 Å². The van der Waals surface area contributed by atoms with Gasteiger partial charge in [0, 0.05) is 45.4 Å². The maximum Gasteiger partial charge on any atom is 0.222 e. The number of aliphatic hydroxyl groups is 1. The van der Waals surface area contributed by atoms with Gasteiger partial charge in [0.25, 0.3) is 0 Å². The van der Waals surface area contributed by atoms with Crippen molar-refractivity contribution in [3.8, 4) is 28.6 Å². The molecule has 0 saturated carbocycles. The lowest BCUT2D eigenvalue weighted by atomic mass is 10.1. The summed E-state index contributed by atoms with van der Waals surface area (Å²) >= 11 is 0. The van der Waals surface area contributed by atoms with Crippen molar-refractivity contribution < 1.29 is 24.1 Å². The second kappa shape index (κ2) is 14.5. The van der Waals surface area contributed by atoms with Crippen LogP contribution in [-0.4, -0.2) is 66.4 Å². The molecule has 206 valence electrons. The summed E-state index contributed by atoms with van der Waals surface area (Å²) in [6.45, 7) is 2.72. The first-order valence-corrected chi connectivity index (χ1v) is 13.0. The first-order valence-electron chi connectivity index (χ1n) is 13.0. The molecule has 0 fully saturated rings. The average molecular weight is 532 g/mol. The van der Waals surface area contributed by atoms with E-state index in [0.717, 1.165) is 22.4 Å². The van der Waals surface area contributed by atoms with Crippen molar-refractivity contribution in [2.45, 2.75) is 19.3 Å². The van der Waals surface area contributed by atoms with Gasteiger partial charge in [-0.05, 0) is 17.7 Å². The molecule has 0 saturated heterocycles. The van der Waals surface area contributed by atoms with Crippen LogP contribution < -0.4 is 9.47 Å². The van der Waals surface area contributed by atoms with Crippen LogP contribution >= 0.6 is 0 Å². The number of methoxy groups -OCH3 is 2. The molecule has 0 aliphatic carbocycles. The Kier molecular flexibility index (Phi) is 10.5. The molecule has 0 amide bonds. The highest BCUT2D eigenvalue weighted by molar-refractivity contribution is 5.65. The average Bonchev–Trinajstić information content (AvgIpc) is 3.27. The Morgan fingerprint density at radius 1 is 0.923 bits per heavy atom. The van der Waals surface area contributed by atoms with Gasteiger partial charge in [-0.3, -0.25) is 4.90 Å². The molecule has 0 bridgehead atoms. The van der Waals surface area contributed by atoms with E-state index >= 15 is 0 Å². The Labute approximate surface area is 230 Å². The zero-order valence-corrected chi connectivity index (χ0v) is 22.8. The van der Waals surface area contributed by atoms with E-state index in [9.17, 15) is 5.11 Å². The van der Waals surface area contributed by atoms with E-state index in [-0.39, 0.29) is 6.61 Å². The number of aliphatic hydroxyl groups excluding tert-OH is 1. The fourth-order valence-corrected chi connectivity index (χ4v) is 4.34. The van der Waals surface area contributed by atoms with Crippen LogP contribution in [0.4, 0.5) is 0 Å². The molecule has 0 aliphatic heterocycles. The molecule has 1 atom stereocenters. The summed E-state index contributed by atoms with van der Waals surface area (Å²) in [6.07, 6.45) is -0.676. The molecule has 1 aromatic heterocycles. The van der Waals surface area contributed by atoms with Gasteiger partial charge >= 0.3 is 0 Å². The first-order chi connectivity index (χ1) is 19.1. The van der Waals surface area contributed by atoms with Crippen molar-refractivity contribution in [2.75, 3.05) is 40.5 Å². The molecule has 0 aliphatic rings. The van der Waals surface area contributed by atoms with Gasteiger partial charge in [0.15, 0.2) is 0 Å². The summed E-state index contributed by atoms with van der Waals surface area (Å²) in [5.74, 6) is 1.98. The van der Waals surface area contributed by atoms with E-state index in [1.165, 1.54) is 0 Å². The topological polar surface area (TPSA) is 78.2 Å². The number of rotatable bonds is 15. The monoisotopic (exact) mass is 531 g/mol. The summed E-state index contributed by atoms with van der Waals surface area (Å²) in [5, 5.41) is 15.7. The highest BCUT2D eigenvalue weighted by Gasteiger charge is 2.23. The van der Waals surface area contributed by atoms with Crippen LogP contribution in [-0.2, 0) is 29.7 Å². The van der Waals surface area contributed by atoms with E-state index in [2.05, 4.69) is 4.90 Å². The lowest BCUT2D eigenvalue weighted by Crippen LogP contribution is -2.36. The number of aryl methyl sites for hydroxylation is 1. The van der Waals surface area contributed by atoms with Gasteiger partial charge in [-0.2, -0.15) is 5.10 Å². The molecule has 1 N–H and O–H groups in total. The minimum atomic E-state index is -0.676. The summed E-state index contributed by atoms with van der Waals surface area (Å²) in [7, 11) is 5.18. The fourth-order valence-electron chi connectivity index (χ4n) is 4.34. The third-order valence-corrected chi connectivity index (χ3v) is 6.27. The van der Waals surface area contributed by atoms with E-state index in [1.807, 2.05) is 92.0 Å². The van der Waals surface area contributed by atoms with Crippen molar-refractivity contribution >= 4 is 0 Å². The van der Waals surface area contributed by atoms with E-state index < -0.39 is 6.10 Å². The smallest absolute Gasteiger partial charge is 0.222 e. The summed E-state index contributed by atoms with van der Waals surface area (Å²) < 4.78 is 24.7. The Bertz CT molecular complexity index is 1280. The Morgan fingerprint density at radius 3 is 2.36 bits per heavy atom. The summed E-state index contributed by atoms with van der Waals surface area (Å²) in [4.78, 5) is 2.14. The number of nitrogens with zero attached hydrogens (tertiary/aromatic N) is 3. The number of benzene rings is 3. The van der Waals surface area contributed by atoms with Gasteiger partial charge < -0.3 is 24.1 Å². The molecule has 4 aromatic rings. The van der Waals surface area contributed by atoms with Crippen LogP contribution in [0.3, 0.4) is 0 Å². The maximum absolute atomic E-state index is 10.9. The zero-order valence-electron chi connectivity index (χ0n) is 22.8. The largest absolute Gasteiger partial charge is 0.497 e. The Morgan fingerprint density at radius 2 is 1.64 bits per heavy atom. The third kappa shape index (κ3) is 8.15. The number of hydrogen-bond donors (Lipinski definition) is 1. The second-order valence-corrected chi connectivity index (χ2v) is 9.29. The van der Waals surface area contributed by atoms with Gasteiger partial charge in [0.05, 0.1) is 38.6 Å². The minimum Gasteiger partial charge on any atom is -0.497 e. The molecular formula is C31H37N3O5. The van der Waals surface area contributed by atoms with Gasteiger partial charge in [0.1, 0.15) is 17.2 Å². The van der Waals surface area contributed by atoms with Crippen LogP contribution in [0.1, 0.15) is 11.1 Å². The van der Waals surface area contributed by atoms with Crippen LogP contribution in [0.25, 0.3) is 11.3 Å². The van der Waals surface area contributed by atoms with E-state index in [0.29, 0.717) is 50.2 Å². The van der Waals surface area contributed by atoms with Gasteiger partial charge in [-0.1, -0.05) is 66.7 Å². The highest BCUT2D eigenvalue weighted by atomic mass is 16.5. The number of aromatic nitrogens is 2. The van der Waals surface area contributed by atoms with Crippen molar-refractivity contribution in [1.29, 1.82) is 0 Å². The van der Waals surface area contributed by atoms with Crippen molar-refractivity contribution in [1.82, 2.24) is 14.7 Å². The SMILES string of the molecule is COCCN(Cc1c(-c2ccccc2)nn(C)c1Oc1cccc(OC)c1)C[C@@H](O)COCc1ccccc1. The minimum absolute atomic E-state index is 0.226. The zero-order chi connectivity index (χ0) is 27.5. The molecule has 0 unspecified atom stereocenters. The van der Waals surface area contributed by atoms with Crippen LogP contribution in [0.15, 0.2) is 84.9 Å². The van der Waals surface area contributed by atoms with Gasteiger partial charge in [-0.25, -0.2) is 4.68 Å². The molecule has 3 aromatic carbocycles. The van der Waals surface area contributed by atoms with Crippen LogP contribution in [0, 0.1) is 0 Å². The molecule has 8 nitrogen and oxygen atoms in total. The predicted molar refractivity (Wildman–Crippen MR) is 151 cm³/mol. The molecule has 8 heteroatoms. The Balaban J connectivity index is 1.56. The molecule has 0 radical (unpaired) electrons. The molecular weight excluding hydrogens is 494 g/mol. The summed E-state index contributed by atoms with van der Waals surface area (Å²) in [6, 6.07) is 27.5. The highest BCUT2D eigenvalue weighted by Crippen LogP contribution is 2.35. The third-order valence-electron chi connectivity index (χ3n) is 6.27. The fraction of sp³-hybridized carbons (Fsp3) is 0.323. The molecule has 0 spiro atoms. The van der Waals surface area contributed by atoms with Crippen LogP contribution in [0.5, 0.6) is 17.4 Å². The van der Waals surface area contributed by atoms with E-state index in [1.54, 1.807) is 18.9 Å². The van der Waals surface area contributed by atoms with Crippen molar-refractivity contribution in [3.63, 3.8) is 0 Å². The molecule has 1 heterocycles. The maximum atomic E-state index is 10.9. The summed E-state index contributed by atoms with van der Waals surface area (Å²) in [5.41, 5.74) is 3.80. The molecule has 39 heavy (non-hydrogen) atoms. The van der Waals surface area contributed by atoms with Crippen molar-refractivity contribution in [2.24, 2.45) is 7.05 Å². The lowest BCUT2D eigenvalue weighted by Gasteiger charge is -2.25. The Hall–Kier alpha value is -3.69. The van der Waals surface area contributed by atoms with E-state index in [4.69, 9.17) is 24.0 Å². The second-order valence-electron chi connectivity index (χ2n) is 9.29. The molecule has 4 rings (SSSR count). The van der Waals surface area contributed by atoms with Gasteiger partial charge in [0.2, 0.25) is 5.88 Å². The number of ether oxygens (including phenoxy) is 4. The lowest BCUT2D eigenvalue weighted by molar-refractivity contribution is 0.00472.